The fourth-order valence-electron chi connectivity index (χ4n) is 3.62. The lowest BCUT2D eigenvalue weighted by Gasteiger charge is -2.14. The van der Waals surface area contributed by atoms with Crippen LogP contribution in [-0.4, -0.2) is 60.0 Å². The number of likely N-dealkylation sites (N-methyl/N-ethyl adjacent to an activating group) is 1. The van der Waals surface area contributed by atoms with Crippen molar-refractivity contribution >= 4 is 45.8 Å². The Labute approximate surface area is 220 Å². The highest BCUT2D eigenvalue weighted by atomic mass is 35.5. The number of esters is 1. The Morgan fingerprint density at radius 3 is 2.76 bits per heavy atom. The summed E-state index contributed by atoms with van der Waals surface area (Å²) in [5, 5.41) is 3.83. The van der Waals surface area contributed by atoms with Gasteiger partial charge in [0.1, 0.15) is 23.7 Å². The first-order valence-corrected chi connectivity index (χ1v) is 12.3. The molecule has 8 nitrogen and oxygen atoms in total. The molecule has 1 heterocycles. The van der Waals surface area contributed by atoms with Gasteiger partial charge in [-0.25, -0.2) is 14.4 Å². The molecule has 0 aliphatic carbocycles. The molecule has 10 heteroatoms. The third-order valence-corrected chi connectivity index (χ3v) is 5.66. The van der Waals surface area contributed by atoms with Crippen molar-refractivity contribution in [1.82, 2.24) is 14.9 Å². The number of anilines is 2. The first-order chi connectivity index (χ1) is 17.8. The van der Waals surface area contributed by atoms with Crippen LogP contribution < -0.4 is 10.1 Å². The smallest absolute Gasteiger partial charge is 0.302 e. The second-order valence-electron chi connectivity index (χ2n) is 8.39. The maximum Gasteiger partial charge on any atom is 0.302 e. The standard InChI is InChI=1S/C27H30ClFN4O4/c1-4-36-26-16-25-22(27(31-17-30-25)32-20-8-9-24(29)23(28)15-20)14-19(26)13-21(35)7-5-10-33(3)11-6-12-37-18(2)34/h5,7-9,14-17H,4,6,10-13H2,1-3H3,(H,30,31,32)/b7-5+. The Morgan fingerprint density at radius 2 is 2.03 bits per heavy atom. The quantitative estimate of drug-likeness (QED) is 0.186. The molecule has 0 fully saturated rings. The van der Waals surface area contributed by atoms with E-state index in [1.807, 2.05) is 31.0 Å². The fourth-order valence-corrected chi connectivity index (χ4v) is 3.80. The van der Waals surface area contributed by atoms with Gasteiger partial charge in [0.2, 0.25) is 0 Å². The second-order valence-corrected chi connectivity index (χ2v) is 8.79. The van der Waals surface area contributed by atoms with E-state index in [1.54, 1.807) is 18.2 Å². The Hall–Kier alpha value is -3.56. The summed E-state index contributed by atoms with van der Waals surface area (Å²) >= 11 is 5.91. The monoisotopic (exact) mass is 528 g/mol. The molecule has 0 saturated carbocycles. The van der Waals surface area contributed by atoms with Gasteiger partial charge in [-0.05, 0) is 50.7 Å². The summed E-state index contributed by atoms with van der Waals surface area (Å²) in [7, 11) is 1.93. The van der Waals surface area contributed by atoms with Gasteiger partial charge in [0.15, 0.2) is 5.78 Å². The Bertz CT molecular complexity index is 1280. The zero-order chi connectivity index (χ0) is 26.8. The normalized spacial score (nSPS) is 11.3. The number of fused-ring (bicyclic) bond motifs is 1. The van der Waals surface area contributed by atoms with E-state index in [2.05, 4.69) is 15.3 Å². The van der Waals surface area contributed by atoms with E-state index < -0.39 is 5.82 Å². The maximum atomic E-state index is 13.6. The fraction of sp³-hybridized carbons (Fsp3) is 0.333. The molecule has 1 aromatic heterocycles. The van der Waals surface area contributed by atoms with Gasteiger partial charge < -0.3 is 19.7 Å². The SMILES string of the molecule is CCOc1cc2ncnc(Nc3ccc(F)c(Cl)c3)c2cc1CC(=O)/C=C/CN(C)CCCOC(C)=O. The highest BCUT2D eigenvalue weighted by molar-refractivity contribution is 6.31. The molecular weight excluding hydrogens is 499 g/mol. The maximum absolute atomic E-state index is 13.6. The molecule has 1 N–H and O–H groups in total. The number of allylic oxidation sites excluding steroid dienone is 1. The molecular formula is C27H30ClFN4O4. The van der Waals surface area contributed by atoms with Crippen molar-refractivity contribution in [2.24, 2.45) is 0 Å². The molecule has 196 valence electrons. The van der Waals surface area contributed by atoms with E-state index >= 15 is 0 Å². The first kappa shape index (κ1) is 28.0. The lowest BCUT2D eigenvalue weighted by atomic mass is 10.0. The summed E-state index contributed by atoms with van der Waals surface area (Å²) in [6.45, 7) is 5.39. The molecule has 0 aliphatic rings. The zero-order valence-corrected chi connectivity index (χ0v) is 21.8. The number of halogens is 2. The second kappa shape index (κ2) is 13.7. The van der Waals surface area contributed by atoms with Crippen LogP contribution >= 0.6 is 11.6 Å². The van der Waals surface area contributed by atoms with E-state index in [0.717, 1.165) is 13.0 Å². The average Bonchev–Trinajstić information content (AvgIpc) is 2.85. The Morgan fingerprint density at radius 1 is 1.22 bits per heavy atom. The van der Waals surface area contributed by atoms with Crippen LogP contribution in [0.2, 0.25) is 5.02 Å². The van der Waals surface area contributed by atoms with Crippen LogP contribution in [0.3, 0.4) is 0 Å². The van der Waals surface area contributed by atoms with Crippen molar-refractivity contribution < 1.29 is 23.5 Å². The van der Waals surface area contributed by atoms with Crippen molar-refractivity contribution in [2.45, 2.75) is 26.7 Å². The minimum Gasteiger partial charge on any atom is -0.494 e. The minimum absolute atomic E-state index is 0.00453. The van der Waals surface area contributed by atoms with E-state index in [0.29, 0.717) is 53.5 Å². The summed E-state index contributed by atoms with van der Waals surface area (Å²) in [6, 6.07) is 7.93. The first-order valence-electron chi connectivity index (χ1n) is 11.9. The molecule has 0 spiro atoms. The van der Waals surface area contributed by atoms with Gasteiger partial charge in [-0.15, -0.1) is 0 Å². The molecule has 0 unspecified atom stereocenters. The lowest BCUT2D eigenvalue weighted by Crippen LogP contribution is -2.21. The van der Waals surface area contributed by atoms with Gasteiger partial charge in [-0.2, -0.15) is 0 Å². The van der Waals surface area contributed by atoms with Gasteiger partial charge in [0.05, 0.1) is 23.8 Å². The number of nitrogens with zero attached hydrogens (tertiary/aromatic N) is 3. The highest BCUT2D eigenvalue weighted by Crippen LogP contribution is 2.31. The van der Waals surface area contributed by atoms with Crippen LogP contribution in [0.4, 0.5) is 15.9 Å². The third kappa shape index (κ3) is 8.51. The number of hydrogen-bond donors (Lipinski definition) is 1. The summed E-state index contributed by atoms with van der Waals surface area (Å²) in [5.41, 5.74) is 1.91. The Balaban J connectivity index is 1.73. The van der Waals surface area contributed by atoms with Crippen LogP contribution in [0.1, 0.15) is 25.8 Å². The predicted octanol–water partition coefficient (Wildman–Crippen LogP) is 5.12. The number of hydrogen-bond acceptors (Lipinski definition) is 8. The number of ketones is 1. The summed E-state index contributed by atoms with van der Waals surface area (Å²) in [5.74, 6) is 0.195. The van der Waals surface area contributed by atoms with Crippen LogP contribution in [-0.2, 0) is 20.7 Å². The highest BCUT2D eigenvalue weighted by Gasteiger charge is 2.14. The van der Waals surface area contributed by atoms with Crippen molar-refractivity contribution in [3.8, 4) is 5.75 Å². The van der Waals surface area contributed by atoms with Crippen LogP contribution in [0.15, 0.2) is 48.8 Å². The molecule has 37 heavy (non-hydrogen) atoms. The largest absolute Gasteiger partial charge is 0.494 e. The molecule has 0 saturated heterocycles. The predicted molar refractivity (Wildman–Crippen MR) is 142 cm³/mol. The van der Waals surface area contributed by atoms with E-state index in [1.165, 1.54) is 25.4 Å². The molecule has 2 aromatic carbocycles. The summed E-state index contributed by atoms with van der Waals surface area (Å²) < 4.78 is 24.3. The van der Waals surface area contributed by atoms with Crippen molar-refractivity contribution in [3.63, 3.8) is 0 Å². The minimum atomic E-state index is -0.511. The molecule has 3 rings (SSSR count). The van der Waals surface area contributed by atoms with E-state index in [9.17, 15) is 14.0 Å². The number of carbonyl (C=O) groups is 2. The van der Waals surface area contributed by atoms with Gasteiger partial charge in [0.25, 0.3) is 0 Å². The van der Waals surface area contributed by atoms with Crippen molar-refractivity contribution in [3.05, 3.63) is 65.2 Å². The van der Waals surface area contributed by atoms with E-state index in [4.69, 9.17) is 21.1 Å². The lowest BCUT2D eigenvalue weighted by molar-refractivity contribution is -0.141. The number of ether oxygens (including phenoxy) is 2. The third-order valence-electron chi connectivity index (χ3n) is 5.37. The summed E-state index contributed by atoms with van der Waals surface area (Å²) in [6.07, 6.45) is 5.64. The number of carbonyl (C=O) groups excluding carboxylic acids is 2. The zero-order valence-electron chi connectivity index (χ0n) is 21.1. The number of aromatic nitrogens is 2. The average molecular weight is 529 g/mol. The molecule has 0 radical (unpaired) electrons. The van der Waals surface area contributed by atoms with Gasteiger partial charge in [-0.1, -0.05) is 17.7 Å². The van der Waals surface area contributed by atoms with Crippen LogP contribution in [0.25, 0.3) is 10.9 Å². The van der Waals surface area contributed by atoms with Gasteiger partial charge >= 0.3 is 5.97 Å². The van der Waals surface area contributed by atoms with Crippen molar-refractivity contribution in [2.75, 3.05) is 38.7 Å². The number of rotatable bonds is 13. The number of benzene rings is 2. The van der Waals surface area contributed by atoms with Gasteiger partial charge in [-0.3, -0.25) is 9.59 Å². The molecule has 0 amide bonds. The van der Waals surface area contributed by atoms with Gasteiger partial charge in [0, 0.05) is 49.1 Å². The van der Waals surface area contributed by atoms with Crippen molar-refractivity contribution in [1.29, 1.82) is 0 Å². The van der Waals surface area contributed by atoms with E-state index in [-0.39, 0.29) is 23.2 Å². The topological polar surface area (TPSA) is 93.7 Å². The van der Waals surface area contributed by atoms with Crippen LogP contribution in [0.5, 0.6) is 5.75 Å². The molecule has 0 atom stereocenters. The molecule has 0 bridgehead atoms. The van der Waals surface area contributed by atoms with Crippen LogP contribution in [0, 0.1) is 5.82 Å². The molecule has 3 aromatic rings. The molecule has 0 aliphatic heterocycles. The Kier molecular flexibility index (Phi) is 10.3. The summed E-state index contributed by atoms with van der Waals surface area (Å²) in [4.78, 5) is 34.3. The number of nitrogens with one attached hydrogen (secondary N) is 1.